The van der Waals surface area contributed by atoms with Gasteiger partial charge in [-0.05, 0) is 56.8 Å². The zero-order valence-corrected chi connectivity index (χ0v) is 24.7. The number of piperidine rings is 1. The number of anilines is 3. The quantitative estimate of drug-likeness (QED) is 0.445. The average molecular weight is 561 g/mol. The van der Waals surface area contributed by atoms with E-state index in [9.17, 15) is 0 Å². The summed E-state index contributed by atoms with van der Waals surface area (Å²) < 4.78 is 11.5. The van der Waals surface area contributed by atoms with Gasteiger partial charge in [-0.25, -0.2) is 15.0 Å². The fourth-order valence-corrected chi connectivity index (χ4v) is 6.47. The number of aromatic nitrogens is 3. The maximum absolute atomic E-state index is 6.32. The van der Waals surface area contributed by atoms with E-state index in [1.54, 1.807) is 7.11 Å². The highest BCUT2D eigenvalue weighted by Crippen LogP contribution is 2.38. The molecule has 0 unspecified atom stereocenters. The summed E-state index contributed by atoms with van der Waals surface area (Å²) in [5.41, 5.74) is 11.7. The molecule has 1 aromatic carbocycles. The van der Waals surface area contributed by atoms with Crippen LogP contribution in [-0.2, 0) is 11.2 Å². The van der Waals surface area contributed by atoms with Crippen LogP contribution in [0.5, 0.6) is 5.75 Å². The van der Waals surface area contributed by atoms with Gasteiger partial charge >= 0.3 is 0 Å². The van der Waals surface area contributed by atoms with Gasteiger partial charge in [-0.15, -0.1) is 0 Å². The van der Waals surface area contributed by atoms with Crippen molar-refractivity contribution in [2.75, 3.05) is 82.6 Å². The Kier molecular flexibility index (Phi) is 8.41. The van der Waals surface area contributed by atoms with Crippen LogP contribution in [-0.4, -0.2) is 103 Å². The molecule has 0 saturated carbocycles. The van der Waals surface area contributed by atoms with E-state index in [-0.39, 0.29) is 0 Å². The number of fused-ring (bicyclic) bond motifs is 1. The maximum atomic E-state index is 6.32. The fourth-order valence-electron chi connectivity index (χ4n) is 6.47. The number of nitrogens with one attached hydrogen (secondary N) is 1. The molecule has 0 amide bonds. The number of nitrogens with zero attached hydrogens (tertiary/aromatic N) is 6. The predicted molar refractivity (Wildman–Crippen MR) is 165 cm³/mol. The molecule has 0 bridgehead atoms. The number of ether oxygens (including phenoxy) is 2. The summed E-state index contributed by atoms with van der Waals surface area (Å²) in [5.74, 6) is 2.09. The summed E-state index contributed by atoms with van der Waals surface area (Å²) in [6, 6.07) is 7.44. The highest BCUT2D eigenvalue weighted by Gasteiger charge is 2.28. The van der Waals surface area contributed by atoms with Crippen LogP contribution in [0.1, 0.15) is 38.3 Å². The van der Waals surface area contributed by atoms with Gasteiger partial charge in [0.15, 0.2) is 5.82 Å². The summed E-state index contributed by atoms with van der Waals surface area (Å²) in [7, 11) is 3.97. The lowest BCUT2D eigenvalue weighted by Crippen LogP contribution is -2.52. The molecule has 3 fully saturated rings. The molecule has 3 aliphatic rings. The third-order valence-electron chi connectivity index (χ3n) is 9.05. The van der Waals surface area contributed by atoms with E-state index in [0.717, 1.165) is 85.2 Å². The molecule has 2 aromatic heterocycles. The number of piperazine rings is 1. The fraction of sp³-hybridized carbons (Fsp3) is 0.581. The van der Waals surface area contributed by atoms with Crippen molar-refractivity contribution in [2.45, 2.75) is 51.1 Å². The second-order valence-electron chi connectivity index (χ2n) is 11.6. The first-order chi connectivity index (χ1) is 20.0. The number of benzene rings is 1. The summed E-state index contributed by atoms with van der Waals surface area (Å²) in [4.78, 5) is 22.1. The van der Waals surface area contributed by atoms with Crippen molar-refractivity contribution in [2.24, 2.45) is 0 Å². The van der Waals surface area contributed by atoms with E-state index in [1.807, 2.05) is 6.20 Å². The number of pyridine rings is 1. The molecule has 0 aliphatic carbocycles. The molecule has 3 aliphatic heterocycles. The van der Waals surface area contributed by atoms with Crippen LogP contribution in [0.3, 0.4) is 0 Å². The zero-order valence-electron chi connectivity index (χ0n) is 24.7. The first kappa shape index (κ1) is 27.9. The number of nitrogen functional groups attached to an aromatic ring is 1. The van der Waals surface area contributed by atoms with Gasteiger partial charge in [0, 0.05) is 76.3 Å². The van der Waals surface area contributed by atoms with Crippen molar-refractivity contribution >= 4 is 28.4 Å². The van der Waals surface area contributed by atoms with Crippen LogP contribution in [0.25, 0.3) is 22.2 Å². The Hall–Kier alpha value is -3.21. The summed E-state index contributed by atoms with van der Waals surface area (Å²) >= 11 is 0. The number of nitrogens with two attached hydrogens (primary N) is 1. The number of likely N-dealkylation sites (N-methyl/N-ethyl adjacent to an activating group) is 1. The zero-order chi connectivity index (χ0) is 28.3. The molecule has 10 nitrogen and oxygen atoms in total. The van der Waals surface area contributed by atoms with Gasteiger partial charge in [-0.3, -0.25) is 4.90 Å². The van der Waals surface area contributed by atoms with Crippen LogP contribution >= 0.6 is 0 Å². The van der Waals surface area contributed by atoms with Gasteiger partial charge in [0.2, 0.25) is 0 Å². The Balaban J connectivity index is 1.26. The first-order valence-electron chi connectivity index (χ1n) is 15.2. The minimum Gasteiger partial charge on any atom is -0.495 e. The number of aryl methyl sites for hydroxylation is 1. The molecule has 0 radical (unpaired) electrons. The van der Waals surface area contributed by atoms with Gasteiger partial charge in [0.05, 0.1) is 18.5 Å². The summed E-state index contributed by atoms with van der Waals surface area (Å²) in [5, 5.41) is 3.64. The normalized spacial score (nSPS) is 20.0. The Bertz CT molecular complexity index is 1350. The number of hydrogen-bond donors (Lipinski definition) is 2. The minimum atomic E-state index is 0.322. The monoisotopic (exact) mass is 560 g/mol. The van der Waals surface area contributed by atoms with Gasteiger partial charge in [0.25, 0.3) is 0 Å². The van der Waals surface area contributed by atoms with Crippen LogP contribution in [0.2, 0.25) is 0 Å². The lowest BCUT2D eigenvalue weighted by molar-refractivity contribution is 0.0903. The van der Waals surface area contributed by atoms with E-state index in [1.165, 1.54) is 39.0 Å². The largest absolute Gasteiger partial charge is 0.495 e. The minimum absolute atomic E-state index is 0.322. The predicted octanol–water partition coefficient (Wildman–Crippen LogP) is 3.65. The second kappa shape index (κ2) is 12.3. The average Bonchev–Trinajstić information content (AvgIpc) is 3.02. The van der Waals surface area contributed by atoms with Crippen molar-refractivity contribution < 1.29 is 9.47 Å². The topological polar surface area (TPSA) is 105 Å². The lowest BCUT2D eigenvalue weighted by Gasteiger charge is -2.42. The van der Waals surface area contributed by atoms with E-state index >= 15 is 0 Å². The molecule has 41 heavy (non-hydrogen) atoms. The molecule has 3 N–H and O–H groups in total. The third kappa shape index (κ3) is 5.91. The van der Waals surface area contributed by atoms with Crippen LogP contribution in [0, 0.1) is 0 Å². The van der Waals surface area contributed by atoms with Crippen molar-refractivity contribution in [1.29, 1.82) is 0 Å². The third-order valence-corrected chi connectivity index (χ3v) is 9.05. The highest BCUT2D eigenvalue weighted by molar-refractivity contribution is 5.97. The molecular weight excluding hydrogens is 516 g/mol. The standard InChI is InChI=1S/C31H44N8O2/c1-4-25-31(34-22-9-17-41-18-10-22)36-28-24(20-33-30(32)29(28)35-25)21-5-6-26(27(19-21)40-3)39-11-7-23(8-12-39)38-15-13-37(2)14-16-38/h5-6,19-20,22-23H,4,7-18H2,1-3H3,(H2,32,33)(H,34,36). The van der Waals surface area contributed by atoms with Crippen LogP contribution < -0.4 is 20.7 Å². The van der Waals surface area contributed by atoms with Crippen molar-refractivity contribution in [3.63, 3.8) is 0 Å². The second-order valence-corrected chi connectivity index (χ2v) is 11.6. The SMILES string of the molecule is CCc1nc2c(N)ncc(-c3ccc(N4CCC(N5CCN(C)CC5)CC4)c(OC)c3)c2nc1NC1CCOCC1. The molecular formula is C31H44N8O2. The van der Waals surface area contributed by atoms with Gasteiger partial charge in [0.1, 0.15) is 22.6 Å². The Morgan fingerprint density at radius 3 is 2.46 bits per heavy atom. The van der Waals surface area contributed by atoms with Gasteiger partial charge in [-0.1, -0.05) is 13.0 Å². The van der Waals surface area contributed by atoms with E-state index < -0.39 is 0 Å². The lowest BCUT2D eigenvalue weighted by atomic mass is 10.00. The van der Waals surface area contributed by atoms with E-state index in [4.69, 9.17) is 25.2 Å². The Morgan fingerprint density at radius 1 is 1.00 bits per heavy atom. The summed E-state index contributed by atoms with van der Waals surface area (Å²) in [6.07, 6.45) is 6.84. The molecule has 6 rings (SSSR count). The van der Waals surface area contributed by atoms with Crippen molar-refractivity contribution in [3.05, 3.63) is 30.1 Å². The number of methoxy groups -OCH3 is 1. The maximum Gasteiger partial charge on any atom is 0.151 e. The first-order valence-corrected chi connectivity index (χ1v) is 15.2. The molecule has 0 spiro atoms. The van der Waals surface area contributed by atoms with Crippen LogP contribution in [0.15, 0.2) is 24.4 Å². The Morgan fingerprint density at radius 2 is 1.76 bits per heavy atom. The number of hydrogen-bond acceptors (Lipinski definition) is 10. The molecule has 3 saturated heterocycles. The molecule has 0 atom stereocenters. The smallest absolute Gasteiger partial charge is 0.151 e. The summed E-state index contributed by atoms with van der Waals surface area (Å²) in [6.45, 7) is 10.4. The molecule has 220 valence electrons. The molecule has 5 heterocycles. The molecule has 3 aromatic rings. The van der Waals surface area contributed by atoms with Gasteiger partial charge < -0.3 is 30.3 Å². The highest BCUT2D eigenvalue weighted by atomic mass is 16.5. The van der Waals surface area contributed by atoms with Crippen molar-refractivity contribution in [1.82, 2.24) is 24.8 Å². The van der Waals surface area contributed by atoms with Crippen LogP contribution in [0.4, 0.5) is 17.3 Å². The van der Waals surface area contributed by atoms with E-state index in [2.05, 4.69) is 57.2 Å². The number of rotatable bonds is 7. The van der Waals surface area contributed by atoms with Gasteiger partial charge in [-0.2, -0.15) is 0 Å². The van der Waals surface area contributed by atoms with Crippen molar-refractivity contribution in [3.8, 4) is 16.9 Å². The Labute approximate surface area is 243 Å². The molecule has 10 heteroatoms. The van der Waals surface area contributed by atoms with E-state index in [0.29, 0.717) is 23.4 Å².